The second-order valence-corrected chi connectivity index (χ2v) is 3.59. The summed E-state index contributed by atoms with van der Waals surface area (Å²) in [6, 6.07) is 0. The van der Waals surface area contributed by atoms with E-state index in [0.29, 0.717) is 19.3 Å². The first-order valence-corrected chi connectivity index (χ1v) is 4.63. The maximum atomic E-state index is 11.1. The van der Waals surface area contributed by atoms with Crippen molar-refractivity contribution in [3.63, 3.8) is 0 Å². The molecule has 0 unspecified atom stereocenters. The molecule has 1 aliphatic heterocycles. The van der Waals surface area contributed by atoms with E-state index in [0.717, 1.165) is 0 Å². The molecule has 0 amide bonds. The van der Waals surface area contributed by atoms with Crippen LogP contribution in [-0.2, 0) is 9.53 Å². The first kappa shape index (κ1) is 10.5. The van der Waals surface area contributed by atoms with Crippen LogP contribution < -0.4 is 0 Å². The number of aliphatic hydroxyl groups excluding tert-OH is 2. The number of carbonyl (C=O) groups is 1. The summed E-state index contributed by atoms with van der Waals surface area (Å²) in [6.07, 6.45) is 0.988. The lowest BCUT2D eigenvalue weighted by Crippen LogP contribution is -2.14. The van der Waals surface area contributed by atoms with Crippen LogP contribution in [0, 0.1) is 5.92 Å². The summed E-state index contributed by atoms with van der Waals surface area (Å²) in [5.74, 6) is -0.409. The van der Waals surface area contributed by atoms with Gasteiger partial charge in [0.1, 0.15) is 6.10 Å². The van der Waals surface area contributed by atoms with Gasteiger partial charge in [0.25, 0.3) is 0 Å². The van der Waals surface area contributed by atoms with E-state index in [1.54, 1.807) is 6.92 Å². The van der Waals surface area contributed by atoms with E-state index >= 15 is 0 Å². The molecule has 4 heteroatoms. The third kappa shape index (κ3) is 2.97. The van der Waals surface area contributed by atoms with Crippen LogP contribution in [0.3, 0.4) is 0 Å². The van der Waals surface area contributed by atoms with E-state index in [9.17, 15) is 4.79 Å². The molecule has 0 aliphatic carbocycles. The van der Waals surface area contributed by atoms with Crippen LogP contribution in [-0.4, -0.2) is 35.0 Å². The molecule has 0 spiro atoms. The van der Waals surface area contributed by atoms with Gasteiger partial charge in [0.05, 0.1) is 12.0 Å². The van der Waals surface area contributed by atoms with E-state index in [-0.39, 0.29) is 24.6 Å². The maximum absolute atomic E-state index is 11.1. The zero-order valence-corrected chi connectivity index (χ0v) is 7.77. The molecule has 0 aromatic heterocycles. The summed E-state index contributed by atoms with van der Waals surface area (Å²) in [6.45, 7) is 1.69. The SMILES string of the molecule is C[C@@H](O)C[C@H]1C[C@@H](CCO)C(=O)O1. The van der Waals surface area contributed by atoms with Gasteiger partial charge in [0.15, 0.2) is 0 Å². The fourth-order valence-electron chi connectivity index (χ4n) is 1.64. The van der Waals surface area contributed by atoms with Gasteiger partial charge in [-0.2, -0.15) is 0 Å². The number of esters is 1. The summed E-state index contributed by atoms with van der Waals surface area (Å²) in [7, 11) is 0. The minimum absolute atomic E-state index is 0.0150. The van der Waals surface area contributed by atoms with Gasteiger partial charge in [0.2, 0.25) is 0 Å². The monoisotopic (exact) mass is 188 g/mol. The third-order valence-electron chi connectivity index (χ3n) is 2.25. The average Bonchev–Trinajstić information content (AvgIpc) is 2.31. The van der Waals surface area contributed by atoms with Gasteiger partial charge in [-0.25, -0.2) is 0 Å². The molecule has 3 atom stereocenters. The number of aliphatic hydroxyl groups is 2. The van der Waals surface area contributed by atoms with Gasteiger partial charge < -0.3 is 14.9 Å². The fraction of sp³-hybridized carbons (Fsp3) is 0.889. The molecule has 1 rings (SSSR count). The van der Waals surface area contributed by atoms with E-state index in [2.05, 4.69) is 0 Å². The Morgan fingerprint density at radius 1 is 1.69 bits per heavy atom. The van der Waals surface area contributed by atoms with Crippen molar-refractivity contribution in [2.24, 2.45) is 5.92 Å². The number of cyclic esters (lactones) is 1. The molecule has 76 valence electrons. The molecule has 13 heavy (non-hydrogen) atoms. The predicted octanol–water partition coefficient (Wildman–Crippen LogP) is 0.0714. The number of hydrogen-bond donors (Lipinski definition) is 2. The van der Waals surface area contributed by atoms with Crippen LogP contribution in [0.1, 0.15) is 26.2 Å². The molecule has 1 heterocycles. The van der Waals surface area contributed by atoms with E-state index < -0.39 is 6.10 Å². The molecule has 0 radical (unpaired) electrons. The molecule has 1 aliphatic rings. The minimum Gasteiger partial charge on any atom is -0.462 e. The predicted molar refractivity (Wildman–Crippen MR) is 46.0 cm³/mol. The van der Waals surface area contributed by atoms with Gasteiger partial charge in [-0.15, -0.1) is 0 Å². The molecule has 0 bridgehead atoms. The molecular formula is C9H16O4. The number of rotatable bonds is 4. The molecule has 0 saturated carbocycles. The summed E-state index contributed by atoms with van der Waals surface area (Å²) in [5.41, 5.74) is 0. The van der Waals surface area contributed by atoms with Crippen molar-refractivity contribution >= 4 is 5.97 Å². The van der Waals surface area contributed by atoms with Gasteiger partial charge in [-0.3, -0.25) is 4.79 Å². The Kier molecular flexibility index (Phi) is 3.69. The summed E-state index contributed by atoms with van der Waals surface area (Å²) in [4.78, 5) is 11.1. The summed E-state index contributed by atoms with van der Waals surface area (Å²) < 4.78 is 5.03. The fourth-order valence-corrected chi connectivity index (χ4v) is 1.64. The standard InChI is InChI=1S/C9H16O4/c1-6(11)4-8-5-7(2-3-10)9(12)13-8/h6-8,10-11H,2-5H2,1H3/t6-,7-,8+/m1/s1. The Balaban J connectivity index is 2.36. The molecule has 4 nitrogen and oxygen atoms in total. The average molecular weight is 188 g/mol. The Morgan fingerprint density at radius 3 is 2.92 bits per heavy atom. The van der Waals surface area contributed by atoms with E-state index in [4.69, 9.17) is 14.9 Å². The highest BCUT2D eigenvalue weighted by Gasteiger charge is 2.34. The summed E-state index contributed by atoms with van der Waals surface area (Å²) in [5, 5.41) is 17.7. The van der Waals surface area contributed by atoms with Crippen molar-refractivity contribution in [3.05, 3.63) is 0 Å². The van der Waals surface area contributed by atoms with Crippen LogP contribution in [0.25, 0.3) is 0 Å². The maximum Gasteiger partial charge on any atom is 0.309 e. The molecule has 0 aromatic rings. The van der Waals surface area contributed by atoms with E-state index in [1.807, 2.05) is 0 Å². The molecule has 0 aromatic carbocycles. The second kappa shape index (κ2) is 4.58. The third-order valence-corrected chi connectivity index (χ3v) is 2.25. The smallest absolute Gasteiger partial charge is 0.309 e. The highest BCUT2D eigenvalue weighted by atomic mass is 16.6. The van der Waals surface area contributed by atoms with Gasteiger partial charge in [0, 0.05) is 13.0 Å². The zero-order valence-electron chi connectivity index (χ0n) is 7.77. The highest BCUT2D eigenvalue weighted by Crippen LogP contribution is 2.26. The number of carbonyl (C=O) groups excluding carboxylic acids is 1. The Morgan fingerprint density at radius 2 is 2.38 bits per heavy atom. The van der Waals surface area contributed by atoms with E-state index in [1.165, 1.54) is 0 Å². The Bertz CT molecular complexity index is 178. The van der Waals surface area contributed by atoms with Crippen LogP contribution in [0.2, 0.25) is 0 Å². The van der Waals surface area contributed by atoms with Gasteiger partial charge in [-0.1, -0.05) is 0 Å². The van der Waals surface area contributed by atoms with Crippen molar-refractivity contribution in [3.8, 4) is 0 Å². The quantitative estimate of drug-likeness (QED) is 0.613. The van der Waals surface area contributed by atoms with Crippen molar-refractivity contribution in [1.29, 1.82) is 0 Å². The zero-order chi connectivity index (χ0) is 9.84. The highest BCUT2D eigenvalue weighted by molar-refractivity contribution is 5.74. The van der Waals surface area contributed by atoms with Gasteiger partial charge in [-0.05, 0) is 19.8 Å². The van der Waals surface area contributed by atoms with Crippen molar-refractivity contribution in [2.45, 2.75) is 38.4 Å². The normalized spacial score (nSPS) is 30.2. The topological polar surface area (TPSA) is 66.8 Å². The lowest BCUT2D eigenvalue weighted by Gasteiger charge is -2.09. The molecule has 1 saturated heterocycles. The Labute approximate surface area is 77.5 Å². The van der Waals surface area contributed by atoms with Crippen molar-refractivity contribution in [1.82, 2.24) is 0 Å². The van der Waals surface area contributed by atoms with Crippen molar-refractivity contribution in [2.75, 3.05) is 6.61 Å². The van der Waals surface area contributed by atoms with Crippen molar-refractivity contribution < 1.29 is 19.7 Å². The first-order valence-electron chi connectivity index (χ1n) is 4.63. The Hall–Kier alpha value is -0.610. The second-order valence-electron chi connectivity index (χ2n) is 3.59. The largest absolute Gasteiger partial charge is 0.462 e. The lowest BCUT2D eigenvalue weighted by atomic mass is 9.99. The lowest BCUT2D eigenvalue weighted by molar-refractivity contribution is -0.145. The molecule has 2 N–H and O–H groups in total. The first-order chi connectivity index (χ1) is 6.13. The van der Waals surface area contributed by atoms with Crippen LogP contribution in [0.15, 0.2) is 0 Å². The summed E-state index contributed by atoms with van der Waals surface area (Å²) >= 11 is 0. The van der Waals surface area contributed by atoms with Gasteiger partial charge >= 0.3 is 5.97 Å². The van der Waals surface area contributed by atoms with Crippen LogP contribution >= 0.6 is 0 Å². The number of hydrogen-bond acceptors (Lipinski definition) is 4. The number of ether oxygens (including phenoxy) is 1. The van der Waals surface area contributed by atoms with Crippen LogP contribution in [0.5, 0.6) is 0 Å². The molecule has 1 fully saturated rings. The van der Waals surface area contributed by atoms with Crippen LogP contribution in [0.4, 0.5) is 0 Å². The molecular weight excluding hydrogens is 172 g/mol. The minimum atomic E-state index is -0.439.